The van der Waals surface area contributed by atoms with Crippen LogP contribution in [0.25, 0.3) is 21.6 Å². The minimum Gasteiger partial charge on any atom is -0.394 e. The molecule has 0 saturated carbocycles. The summed E-state index contributed by atoms with van der Waals surface area (Å²) in [4.78, 5) is 5.63. The third kappa shape index (κ3) is 5.10. The number of aliphatic hydroxyl groups excluding tert-OH is 4. The molecule has 0 spiro atoms. The Morgan fingerprint density at radius 2 is 1.53 bits per heavy atom. The third-order valence-electron chi connectivity index (χ3n) is 6.46. The molecule has 0 aliphatic carbocycles. The molecule has 8 heteroatoms. The van der Waals surface area contributed by atoms with Crippen molar-refractivity contribution in [2.45, 2.75) is 36.9 Å². The van der Waals surface area contributed by atoms with E-state index in [1.165, 1.54) is 5.56 Å². The lowest BCUT2D eigenvalue weighted by molar-refractivity contribution is -0.231. The number of aromatic nitrogens is 1. The second kappa shape index (κ2) is 10.8. The summed E-state index contributed by atoms with van der Waals surface area (Å²) in [5.41, 5.74) is 4.80. The molecule has 1 aliphatic heterocycles. The summed E-state index contributed by atoms with van der Waals surface area (Å²) >= 11 is 8.05. The van der Waals surface area contributed by atoms with E-state index < -0.39 is 37.1 Å². The van der Waals surface area contributed by atoms with Crippen LogP contribution in [-0.4, -0.2) is 56.4 Å². The molecule has 0 bridgehead atoms. The van der Waals surface area contributed by atoms with Crippen molar-refractivity contribution in [2.24, 2.45) is 0 Å². The van der Waals surface area contributed by atoms with E-state index in [1.54, 1.807) is 23.5 Å². The van der Waals surface area contributed by atoms with Crippen LogP contribution in [0.15, 0.2) is 79.0 Å². The summed E-state index contributed by atoms with van der Waals surface area (Å²) in [7, 11) is 0. The van der Waals surface area contributed by atoms with Crippen LogP contribution in [0.4, 0.5) is 0 Å². The lowest BCUT2D eigenvalue weighted by Gasteiger charge is -2.40. The van der Waals surface area contributed by atoms with Gasteiger partial charge in [0.1, 0.15) is 30.5 Å². The monoisotopic (exact) mass is 523 g/mol. The molecule has 36 heavy (non-hydrogen) atoms. The first-order valence-corrected chi connectivity index (χ1v) is 12.8. The zero-order valence-corrected chi connectivity index (χ0v) is 20.8. The molecule has 1 saturated heterocycles. The van der Waals surface area contributed by atoms with Crippen LogP contribution < -0.4 is 0 Å². The maximum Gasteiger partial charge on any atom is 0.113 e. The second-order valence-corrected chi connectivity index (χ2v) is 10.4. The first-order valence-electron chi connectivity index (χ1n) is 11.6. The Morgan fingerprint density at radius 3 is 2.25 bits per heavy atom. The van der Waals surface area contributed by atoms with Crippen LogP contribution in [0.1, 0.15) is 22.2 Å². The molecule has 6 nitrogen and oxygen atoms in total. The Morgan fingerprint density at radius 1 is 0.833 bits per heavy atom. The molecule has 3 aromatic carbocycles. The van der Waals surface area contributed by atoms with Crippen LogP contribution in [-0.2, 0) is 11.2 Å². The van der Waals surface area contributed by atoms with E-state index in [4.69, 9.17) is 16.3 Å². The van der Waals surface area contributed by atoms with Gasteiger partial charge in [0.25, 0.3) is 0 Å². The van der Waals surface area contributed by atoms with Gasteiger partial charge in [-0.2, -0.15) is 0 Å². The maximum atomic E-state index is 10.5. The van der Waals surface area contributed by atoms with Gasteiger partial charge in [0.15, 0.2) is 0 Å². The van der Waals surface area contributed by atoms with Crippen molar-refractivity contribution in [3.05, 3.63) is 100 Å². The second-order valence-electron chi connectivity index (χ2n) is 8.84. The van der Waals surface area contributed by atoms with Crippen molar-refractivity contribution < 1.29 is 25.2 Å². The Bertz CT molecular complexity index is 1310. The Hall–Kier alpha value is -2.62. The summed E-state index contributed by atoms with van der Waals surface area (Å²) < 4.78 is 5.70. The van der Waals surface area contributed by atoms with Crippen LogP contribution in [0.3, 0.4) is 0 Å². The molecule has 0 unspecified atom stereocenters. The van der Waals surface area contributed by atoms with Crippen molar-refractivity contribution in [1.29, 1.82) is 0 Å². The fourth-order valence-electron chi connectivity index (χ4n) is 4.43. The van der Waals surface area contributed by atoms with Crippen LogP contribution in [0, 0.1) is 0 Å². The van der Waals surface area contributed by atoms with Gasteiger partial charge in [-0.25, -0.2) is 4.98 Å². The van der Waals surface area contributed by atoms with Crippen molar-refractivity contribution in [1.82, 2.24) is 4.98 Å². The van der Waals surface area contributed by atoms with Gasteiger partial charge in [0, 0.05) is 17.6 Å². The van der Waals surface area contributed by atoms with Crippen molar-refractivity contribution in [3.8, 4) is 21.6 Å². The van der Waals surface area contributed by atoms with Gasteiger partial charge in [-0.3, -0.25) is 0 Å². The van der Waals surface area contributed by atoms with Gasteiger partial charge >= 0.3 is 0 Å². The van der Waals surface area contributed by atoms with Crippen molar-refractivity contribution >= 4 is 22.9 Å². The number of hydrogen-bond donors (Lipinski definition) is 4. The van der Waals surface area contributed by atoms with Gasteiger partial charge in [0.05, 0.1) is 16.5 Å². The SMILES string of the molecule is OC[C@H]1O[C@@H](c2ccc(Cl)c(Cc3ncc(-c4ccc(-c5ccccc5)cc4)s3)c2)[C@H](O)[C@@H](O)[C@@H]1O. The summed E-state index contributed by atoms with van der Waals surface area (Å²) in [5.74, 6) is 0. The van der Waals surface area contributed by atoms with E-state index in [9.17, 15) is 20.4 Å². The molecule has 4 aromatic rings. The normalized spacial score (nSPS) is 24.1. The molecular weight excluding hydrogens is 498 g/mol. The Labute approximate surface area is 218 Å². The number of nitrogens with zero attached hydrogens (tertiary/aromatic N) is 1. The molecule has 186 valence electrons. The fraction of sp³-hybridized carbons (Fsp3) is 0.250. The van der Waals surface area contributed by atoms with E-state index in [2.05, 4.69) is 41.4 Å². The highest BCUT2D eigenvalue weighted by Crippen LogP contribution is 2.35. The summed E-state index contributed by atoms with van der Waals surface area (Å²) in [6.45, 7) is -0.476. The van der Waals surface area contributed by atoms with Gasteiger partial charge in [-0.1, -0.05) is 78.3 Å². The molecule has 5 rings (SSSR count). The molecular formula is C28H26ClNO5S. The highest BCUT2D eigenvalue weighted by Gasteiger charge is 2.44. The quantitative estimate of drug-likeness (QED) is 0.301. The Kier molecular flexibility index (Phi) is 7.50. The van der Waals surface area contributed by atoms with E-state index in [0.717, 1.165) is 26.6 Å². The minimum absolute atomic E-state index is 0.476. The maximum absolute atomic E-state index is 10.5. The number of benzene rings is 3. The Balaban J connectivity index is 1.34. The van der Waals surface area contributed by atoms with Crippen LogP contribution in [0.2, 0.25) is 5.02 Å². The summed E-state index contributed by atoms with van der Waals surface area (Å²) in [5, 5.41) is 41.6. The molecule has 1 fully saturated rings. The predicted molar refractivity (Wildman–Crippen MR) is 140 cm³/mol. The molecule has 5 atom stereocenters. The van der Waals surface area contributed by atoms with Gasteiger partial charge < -0.3 is 25.2 Å². The lowest BCUT2D eigenvalue weighted by Crippen LogP contribution is -2.55. The average Bonchev–Trinajstić information content (AvgIpc) is 3.38. The first-order chi connectivity index (χ1) is 17.4. The van der Waals surface area contributed by atoms with E-state index in [-0.39, 0.29) is 0 Å². The van der Waals surface area contributed by atoms with E-state index in [1.807, 2.05) is 30.5 Å². The van der Waals surface area contributed by atoms with Gasteiger partial charge in [0.2, 0.25) is 0 Å². The molecule has 1 aromatic heterocycles. The number of aliphatic hydroxyl groups is 4. The lowest BCUT2D eigenvalue weighted by atomic mass is 9.90. The molecule has 0 radical (unpaired) electrons. The van der Waals surface area contributed by atoms with Gasteiger partial charge in [-0.05, 0) is 33.9 Å². The van der Waals surface area contributed by atoms with E-state index in [0.29, 0.717) is 17.0 Å². The largest absolute Gasteiger partial charge is 0.394 e. The average molecular weight is 524 g/mol. The fourth-order valence-corrected chi connectivity index (χ4v) is 5.56. The first kappa shape index (κ1) is 25.0. The highest BCUT2D eigenvalue weighted by molar-refractivity contribution is 7.15. The van der Waals surface area contributed by atoms with Crippen LogP contribution >= 0.6 is 22.9 Å². The molecule has 2 heterocycles. The number of ether oxygens (including phenoxy) is 1. The summed E-state index contributed by atoms with van der Waals surface area (Å²) in [6, 6.07) is 23.8. The number of rotatable bonds is 6. The predicted octanol–water partition coefficient (Wildman–Crippen LogP) is 4.24. The number of halogens is 1. The van der Waals surface area contributed by atoms with Crippen molar-refractivity contribution in [2.75, 3.05) is 6.61 Å². The highest BCUT2D eigenvalue weighted by atomic mass is 35.5. The number of hydrogen-bond acceptors (Lipinski definition) is 7. The number of thiazole rings is 1. The standard InChI is InChI=1S/C28H26ClNO5S/c29-21-11-10-19(28-27(34)26(33)25(32)22(15-31)35-28)12-20(21)13-24-30-14-23(36-24)18-8-6-17(7-9-18)16-4-2-1-3-5-16/h1-12,14,22,25-28,31-34H,13,15H2/t22-,25-,26+,27-,28+/m1/s1. The molecule has 1 aliphatic rings. The van der Waals surface area contributed by atoms with Gasteiger partial charge in [-0.15, -0.1) is 11.3 Å². The summed E-state index contributed by atoms with van der Waals surface area (Å²) in [6.07, 6.45) is -3.72. The molecule has 0 amide bonds. The van der Waals surface area contributed by atoms with E-state index >= 15 is 0 Å². The van der Waals surface area contributed by atoms with Crippen molar-refractivity contribution in [3.63, 3.8) is 0 Å². The zero-order valence-electron chi connectivity index (χ0n) is 19.2. The smallest absolute Gasteiger partial charge is 0.113 e. The third-order valence-corrected chi connectivity index (χ3v) is 7.88. The zero-order chi connectivity index (χ0) is 25.2. The van der Waals surface area contributed by atoms with Crippen LogP contribution in [0.5, 0.6) is 0 Å². The topological polar surface area (TPSA) is 103 Å². The minimum atomic E-state index is -1.44. The molecule has 4 N–H and O–H groups in total.